The van der Waals surface area contributed by atoms with Crippen LogP contribution in [0.25, 0.3) is 0 Å². The predicted octanol–water partition coefficient (Wildman–Crippen LogP) is 7.98. The average molecular weight is 464 g/mol. The van der Waals surface area contributed by atoms with Gasteiger partial charge in [-0.2, -0.15) is 13.2 Å². The maximum Gasteiger partial charge on any atom is 0.416 e. The summed E-state index contributed by atoms with van der Waals surface area (Å²) >= 11 is 6.36. The molecule has 7 heteroatoms. The molecule has 0 aromatic heterocycles. The van der Waals surface area contributed by atoms with Gasteiger partial charge in [0.25, 0.3) is 0 Å². The van der Waals surface area contributed by atoms with Crippen molar-refractivity contribution in [3.05, 3.63) is 34.3 Å². The highest BCUT2D eigenvalue weighted by Crippen LogP contribution is 2.41. The fourth-order valence-electron chi connectivity index (χ4n) is 4.49. The topological polar surface area (TPSA) is 21.3 Å². The molecule has 172 valence electrons. The van der Waals surface area contributed by atoms with Crippen LogP contribution in [0.15, 0.2) is 18.2 Å². The first-order chi connectivity index (χ1) is 14.0. The zero-order valence-corrected chi connectivity index (χ0v) is 20.7. The summed E-state index contributed by atoms with van der Waals surface area (Å²) in [4.78, 5) is 0. The van der Waals surface area contributed by atoms with E-state index in [1.165, 1.54) is 6.07 Å². The first kappa shape index (κ1) is 25.7. The predicted molar refractivity (Wildman–Crippen MR) is 122 cm³/mol. The van der Waals surface area contributed by atoms with Gasteiger partial charge in [-0.05, 0) is 61.4 Å². The SMILES string of the molecule is CC[Si](CC)(CC)OC(CNC1CCC(C)(C)CC1)c1c(Cl)cccc1C(F)(F)F. The fraction of sp³-hybridized carbons (Fsp3) is 0.739. The largest absolute Gasteiger partial charge is 0.416 e. The molecular formula is C23H37ClF3NOSi. The molecule has 0 aliphatic heterocycles. The van der Waals surface area contributed by atoms with Gasteiger partial charge >= 0.3 is 6.18 Å². The van der Waals surface area contributed by atoms with Crippen molar-refractivity contribution < 1.29 is 17.6 Å². The van der Waals surface area contributed by atoms with E-state index in [1.54, 1.807) is 6.07 Å². The normalized spacial score (nSPS) is 19.1. The van der Waals surface area contributed by atoms with E-state index in [0.717, 1.165) is 49.9 Å². The number of benzene rings is 1. The summed E-state index contributed by atoms with van der Waals surface area (Å²) in [6.07, 6.45) is -0.859. The highest BCUT2D eigenvalue weighted by atomic mass is 35.5. The van der Waals surface area contributed by atoms with Gasteiger partial charge in [0, 0.05) is 23.2 Å². The van der Waals surface area contributed by atoms with E-state index >= 15 is 0 Å². The molecule has 1 aliphatic rings. The van der Waals surface area contributed by atoms with Crippen LogP contribution in [0.5, 0.6) is 0 Å². The van der Waals surface area contributed by atoms with Crippen LogP contribution in [0.4, 0.5) is 13.2 Å². The fourth-order valence-corrected chi connectivity index (χ4v) is 7.59. The van der Waals surface area contributed by atoms with Gasteiger partial charge in [0.1, 0.15) is 0 Å². The molecule has 1 saturated carbocycles. The van der Waals surface area contributed by atoms with E-state index < -0.39 is 26.2 Å². The van der Waals surface area contributed by atoms with Crippen molar-refractivity contribution in [2.45, 2.75) is 96.8 Å². The molecular weight excluding hydrogens is 427 g/mol. The van der Waals surface area contributed by atoms with Crippen LogP contribution in [0.3, 0.4) is 0 Å². The van der Waals surface area contributed by atoms with Gasteiger partial charge in [-0.15, -0.1) is 0 Å². The van der Waals surface area contributed by atoms with Crippen LogP contribution >= 0.6 is 11.6 Å². The minimum absolute atomic E-state index is 0.0857. The van der Waals surface area contributed by atoms with Gasteiger partial charge < -0.3 is 9.74 Å². The molecule has 1 unspecified atom stereocenters. The number of alkyl halides is 3. The van der Waals surface area contributed by atoms with Crippen molar-refractivity contribution in [1.82, 2.24) is 5.32 Å². The van der Waals surface area contributed by atoms with E-state index in [9.17, 15) is 13.2 Å². The third kappa shape index (κ3) is 6.47. The minimum atomic E-state index is -4.47. The van der Waals surface area contributed by atoms with Crippen LogP contribution in [-0.2, 0) is 10.6 Å². The van der Waals surface area contributed by atoms with Gasteiger partial charge in [0.05, 0.1) is 11.7 Å². The lowest BCUT2D eigenvalue weighted by molar-refractivity contribution is -0.139. The van der Waals surface area contributed by atoms with E-state index in [0.29, 0.717) is 18.0 Å². The van der Waals surface area contributed by atoms with E-state index in [1.807, 2.05) is 0 Å². The van der Waals surface area contributed by atoms with Crippen LogP contribution in [0, 0.1) is 5.41 Å². The Morgan fingerprint density at radius 1 is 1.13 bits per heavy atom. The van der Waals surface area contributed by atoms with Gasteiger partial charge in [0.15, 0.2) is 8.32 Å². The Balaban J connectivity index is 2.33. The molecule has 30 heavy (non-hydrogen) atoms. The molecule has 1 aromatic carbocycles. The van der Waals surface area contributed by atoms with E-state index in [2.05, 4.69) is 39.9 Å². The van der Waals surface area contributed by atoms with Gasteiger partial charge in [-0.1, -0.05) is 52.3 Å². The average Bonchev–Trinajstić information content (AvgIpc) is 2.69. The van der Waals surface area contributed by atoms with E-state index in [-0.39, 0.29) is 10.6 Å². The zero-order valence-electron chi connectivity index (χ0n) is 19.0. The van der Waals surface area contributed by atoms with Crippen molar-refractivity contribution in [3.63, 3.8) is 0 Å². The third-order valence-electron chi connectivity index (χ3n) is 6.94. The Morgan fingerprint density at radius 3 is 2.20 bits per heavy atom. The first-order valence-electron chi connectivity index (χ1n) is 11.2. The molecule has 0 radical (unpaired) electrons. The maximum atomic E-state index is 13.8. The molecule has 1 N–H and O–H groups in total. The standard InChI is InChI=1S/C23H37ClF3NOSi/c1-6-30(7-2,8-3)29-20(16-28-17-12-14-22(4,5)15-13-17)21-18(23(25,26)27)10-9-11-19(21)24/h9-11,17,20,28H,6-8,12-16H2,1-5H3. The lowest BCUT2D eigenvalue weighted by atomic mass is 9.75. The summed E-state index contributed by atoms with van der Waals surface area (Å²) in [5.74, 6) is 0. The van der Waals surface area contributed by atoms with Crippen molar-refractivity contribution >= 4 is 19.9 Å². The number of halogens is 4. The van der Waals surface area contributed by atoms with E-state index in [4.69, 9.17) is 16.0 Å². The smallest absolute Gasteiger partial charge is 0.409 e. The maximum absolute atomic E-state index is 13.8. The summed E-state index contributed by atoms with van der Waals surface area (Å²) < 4.78 is 48.1. The summed E-state index contributed by atoms with van der Waals surface area (Å²) in [6, 6.07) is 6.96. The Hall–Kier alpha value is -0.563. The molecule has 0 heterocycles. The van der Waals surface area contributed by atoms with Crippen LogP contribution < -0.4 is 5.32 Å². The van der Waals surface area contributed by atoms with Gasteiger partial charge in [-0.25, -0.2) is 0 Å². The van der Waals surface area contributed by atoms with Gasteiger partial charge in [-0.3, -0.25) is 0 Å². The second-order valence-electron chi connectivity index (χ2n) is 9.40. The molecule has 0 amide bonds. The van der Waals surface area contributed by atoms with Crippen molar-refractivity contribution in [2.24, 2.45) is 5.41 Å². The van der Waals surface area contributed by atoms with Gasteiger partial charge in [0.2, 0.25) is 0 Å². The van der Waals surface area contributed by atoms with Crippen molar-refractivity contribution in [1.29, 1.82) is 0 Å². The highest BCUT2D eigenvalue weighted by Gasteiger charge is 2.40. The lowest BCUT2D eigenvalue weighted by Gasteiger charge is -2.38. The third-order valence-corrected chi connectivity index (χ3v) is 11.9. The molecule has 1 fully saturated rings. The summed E-state index contributed by atoms with van der Waals surface area (Å²) in [5.41, 5.74) is -0.255. The minimum Gasteiger partial charge on any atom is -0.409 e. The monoisotopic (exact) mass is 463 g/mol. The second kappa shape index (κ2) is 10.4. The molecule has 0 spiro atoms. The molecule has 2 nitrogen and oxygen atoms in total. The molecule has 0 bridgehead atoms. The molecule has 1 aliphatic carbocycles. The number of nitrogens with one attached hydrogen (secondary N) is 1. The Bertz CT molecular complexity index is 673. The Labute approximate surface area is 186 Å². The Kier molecular flexibility index (Phi) is 8.88. The molecule has 1 aromatic rings. The van der Waals surface area contributed by atoms with Crippen LogP contribution in [-0.4, -0.2) is 20.9 Å². The first-order valence-corrected chi connectivity index (χ1v) is 14.1. The summed E-state index contributed by atoms with van der Waals surface area (Å²) in [5, 5.41) is 3.66. The number of rotatable bonds is 9. The van der Waals surface area contributed by atoms with Crippen LogP contribution in [0.2, 0.25) is 23.2 Å². The van der Waals surface area contributed by atoms with Crippen LogP contribution in [0.1, 0.15) is 77.5 Å². The summed E-state index contributed by atoms with van der Waals surface area (Å²) in [6.45, 7) is 11.2. The molecule has 2 rings (SSSR count). The summed E-state index contributed by atoms with van der Waals surface area (Å²) in [7, 11) is -2.14. The number of hydrogen-bond donors (Lipinski definition) is 1. The highest BCUT2D eigenvalue weighted by molar-refractivity contribution is 6.73. The second-order valence-corrected chi connectivity index (χ2v) is 14.5. The van der Waals surface area contributed by atoms with Crippen molar-refractivity contribution in [3.8, 4) is 0 Å². The Morgan fingerprint density at radius 2 is 1.70 bits per heavy atom. The number of hydrogen-bond acceptors (Lipinski definition) is 2. The van der Waals surface area contributed by atoms with Crippen molar-refractivity contribution in [2.75, 3.05) is 6.54 Å². The molecule has 1 atom stereocenters. The molecule has 0 saturated heterocycles. The lowest BCUT2D eigenvalue weighted by Crippen LogP contribution is -2.43. The zero-order chi connectivity index (χ0) is 22.6. The quantitative estimate of drug-likeness (QED) is 0.375.